The van der Waals surface area contributed by atoms with Crippen molar-refractivity contribution in [3.8, 4) is 0 Å². The van der Waals surface area contributed by atoms with Crippen LogP contribution in [0.15, 0.2) is 23.1 Å². The van der Waals surface area contributed by atoms with E-state index in [1.54, 1.807) is 0 Å². The number of carbonyl (C=O) groups excluding carboxylic acids is 1. The molecular weight excluding hydrogens is 271 g/mol. The Bertz CT molecular complexity index is 594. The van der Waals surface area contributed by atoms with Crippen molar-refractivity contribution >= 4 is 40.9 Å². The molecular formula is C10H11LiO7S. The average molecular weight is 282 g/mol. The first-order chi connectivity index (χ1) is 8.27. The van der Waals surface area contributed by atoms with Crippen molar-refractivity contribution in [2.45, 2.75) is 11.8 Å². The summed E-state index contributed by atoms with van der Waals surface area (Å²) in [6.07, 6.45) is 0. The zero-order chi connectivity index (χ0) is 13.9. The molecule has 100 valence electrons. The number of carboxylic acids is 1. The summed E-state index contributed by atoms with van der Waals surface area (Å²) in [6, 6.07) is 2.72. The Hall–Kier alpha value is -1.33. The van der Waals surface area contributed by atoms with Crippen LogP contribution >= 0.6 is 0 Å². The van der Waals surface area contributed by atoms with Gasteiger partial charge < -0.3 is 9.84 Å². The van der Waals surface area contributed by atoms with Gasteiger partial charge in [-0.15, -0.1) is 0 Å². The molecule has 0 aliphatic rings. The van der Waals surface area contributed by atoms with Crippen LogP contribution in [0.25, 0.3) is 0 Å². The second kappa shape index (κ2) is 6.72. The Balaban J connectivity index is 0.00000324. The summed E-state index contributed by atoms with van der Waals surface area (Å²) in [5.74, 6) is -2.34. The van der Waals surface area contributed by atoms with Crippen molar-refractivity contribution < 1.29 is 32.4 Å². The van der Waals surface area contributed by atoms with Crippen LogP contribution < -0.4 is 0 Å². The van der Waals surface area contributed by atoms with Crippen LogP contribution in [0.5, 0.6) is 0 Å². The molecule has 0 saturated heterocycles. The van der Waals surface area contributed by atoms with Crippen molar-refractivity contribution in [1.29, 1.82) is 0 Å². The van der Waals surface area contributed by atoms with Gasteiger partial charge in [-0.25, -0.2) is 9.59 Å². The SMILES string of the molecule is CCOC(=O)c1ccc(C(=O)O)cc1S(=O)(=O)O.[LiH]. The molecule has 19 heavy (non-hydrogen) atoms. The van der Waals surface area contributed by atoms with Gasteiger partial charge in [-0.05, 0) is 25.1 Å². The number of aromatic carboxylic acids is 1. The van der Waals surface area contributed by atoms with Gasteiger partial charge >= 0.3 is 30.8 Å². The van der Waals surface area contributed by atoms with Crippen LogP contribution in [0.1, 0.15) is 27.6 Å². The minimum absolute atomic E-state index is 0. The molecule has 0 radical (unpaired) electrons. The topological polar surface area (TPSA) is 118 Å². The molecule has 7 nitrogen and oxygen atoms in total. The fourth-order valence-electron chi connectivity index (χ4n) is 1.25. The van der Waals surface area contributed by atoms with Gasteiger partial charge in [0, 0.05) is 0 Å². The van der Waals surface area contributed by atoms with Gasteiger partial charge in [0.1, 0.15) is 4.90 Å². The molecule has 1 aromatic rings. The summed E-state index contributed by atoms with van der Waals surface area (Å²) in [5.41, 5.74) is -0.778. The van der Waals surface area contributed by atoms with E-state index >= 15 is 0 Å². The van der Waals surface area contributed by atoms with Crippen molar-refractivity contribution in [2.24, 2.45) is 0 Å². The summed E-state index contributed by atoms with van der Waals surface area (Å²) in [6.45, 7) is 1.54. The predicted octanol–water partition coefficient (Wildman–Crippen LogP) is 0.160. The van der Waals surface area contributed by atoms with E-state index in [4.69, 9.17) is 9.66 Å². The Morgan fingerprint density at radius 3 is 2.32 bits per heavy atom. The first-order valence-corrected chi connectivity index (χ1v) is 6.23. The van der Waals surface area contributed by atoms with E-state index in [-0.39, 0.29) is 31.0 Å². The molecule has 0 saturated carbocycles. The molecule has 0 aromatic heterocycles. The van der Waals surface area contributed by atoms with Crippen molar-refractivity contribution in [3.05, 3.63) is 29.3 Å². The number of rotatable bonds is 4. The van der Waals surface area contributed by atoms with Crippen molar-refractivity contribution in [2.75, 3.05) is 6.61 Å². The van der Waals surface area contributed by atoms with E-state index in [2.05, 4.69) is 4.74 Å². The van der Waals surface area contributed by atoms with Crippen molar-refractivity contribution in [1.82, 2.24) is 0 Å². The van der Waals surface area contributed by atoms with Gasteiger partial charge in [-0.1, -0.05) is 0 Å². The zero-order valence-corrected chi connectivity index (χ0v) is 10.1. The Kier molecular flexibility index (Phi) is 6.25. The van der Waals surface area contributed by atoms with Gasteiger partial charge in [0.15, 0.2) is 0 Å². The molecule has 0 spiro atoms. The maximum atomic E-state index is 11.4. The molecule has 1 rings (SSSR count). The summed E-state index contributed by atoms with van der Waals surface area (Å²) in [5, 5.41) is 8.72. The van der Waals surface area contributed by atoms with Crippen molar-refractivity contribution in [3.63, 3.8) is 0 Å². The quantitative estimate of drug-likeness (QED) is 0.458. The number of hydrogen-bond acceptors (Lipinski definition) is 5. The first-order valence-electron chi connectivity index (χ1n) is 4.79. The molecule has 9 heteroatoms. The van der Waals surface area contributed by atoms with E-state index in [1.165, 1.54) is 6.92 Å². The molecule has 0 fully saturated rings. The molecule has 0 amide bonds. The van der Waals surface area contributed by atoms with Crippen LogP contribution in [0.3, 0.4) is 0 Å². The van der Waals surface area contributed by atoms with E-state index in [0.717, 1.165) is 12.1 Å². The summed E-state index contributed by atoms with van der Waals surface area (Å²) in [7, 11) is -4.72. The summed E-state index contributed by atoms with van der Waals surface area (Å²) >= 11 is 0. The third-order valence-electron chi connectivity index (χ3n) is 2.00. The Morgan fingerprint density at radius 1 is 1.32 bits per heavy atom. The third kappa shape index (κ3) is 4.36. The molecule has 0 bridgehead atoms. The maximum absolute atomic E-state index is 11.4. The molecule has 2 N–H and O–H groups in total. The van der Waals surface area contributed by atoms with Gasteiger partial charge in [0.05, 0.1) is 17.7 Å². The molecule has 0 aliphatic heterocycles. The molecule has 1 aromatic carbocycles. The summed E-state index contributed by atoms with van der Waals surface area (Å²) in [4.78, 5) is 21.4. The van der Waals surface area contributed by atoms with Crippen LogP contribution in [0.2, 0.25) is 0 Å². The van der Waals surface area contributed by atoms with Crippen LogP contribution in [-0.4, -0.2) is 55.5 Å². The van der Waals surface area contributed by atoms with Gasteiger partial charge in [-0.2, -0.15) is 8.42 Å². The number of carbonyl (C=O) groups is 2. The van der Waals surface area contributed by atoms with Crippen LogP contribution in [0.4, 0.5) is 0 Å². The number of esters is 1. The second-order valence-electron chi connectivity index (χ2n) is 3.21. The third-order valence-corrected chi connectivity index (χ3v) is 2.90. The number of benzene rings is 1. The monoisotopic (exact) mass is 282 g/mol. The van der Waals surface area contributed by atoms with E-state index in [0.29, 0.717) is 6.07 Å². The van der Waals surface area contributed by atoms with Gasteiger partial charge in [0.25, 0.3) is 10.1 Å². The molecule has 0 unspecified atom stereocenters. The molecule has 0 aliphatic carbocycles. The van der Waals surface area contributed by atoms with E-state index in [9.17, 15) is 18.0 Å². The number of hydrogen-bond donors (Lipinski definition) is 2. The van der Waals surface area contributed by atoms with E-state index in [1.807, 2.05) is 0 Å². The minimum atomic E-state index is -4.72. The fourth-order valence-corrected chi connectivity index (χ4v) is 1.95. The summed E-state index contributed by atoms with van der Waals surface area (Å²) < 4.78 is 35.8. The number of carboxylic acid groups (broad SMARTS) is 1. The van der Waals surface area contributed by atoms with Crippen LogP contribution in [0, 0.1) is 0 Å². The molecule has 0 atom stereocenters. The zero-order valence-electron chi connectivity index (χ0n) is 9.28. The normalized spacial score (nSPS) is 10.4. The molecule has 0 heterocycles. The van der Waals surface area contributed by atoms with Gasteiger partial charge in [0.2, 0.25) is 0 Å². The number of ether oxygens (including phenoxy) is 1. The van der Waals surface area contributed by atoms with Crippen LogP contribution in [-0.2, 0) is 14.9 Å². The average Bonchev–Trinajstić information content (AvgIpc) is 2.27. The second-order valence-corrected chi connectivity index (χ2v) is 4.60. The predicted molar refractivity (Wildman–Crippen MR) is 66.3 cm³/mol. The standard InChI is InChI=1S/C10H10O7S.Li.H/c1-2-17-10(13)7-4-3-6(9(11)12)5-8(7)18(14,15)16;;/h3-5H,2H2,1H3,(H,11,12)(H,14,15,16);;. The Labute approximate surface area is 121 Å². The Morgan fingerprint density at radius 2 is 1.89 bits per heavy atom. The fraction of sp³-hybridized carbons (Fsp3) is 0.200. The van der Waals surface area contributed by atoms with E-state index < -0.39 is 32.5 Å². The van der Waals surface area contributed by atoms with Gasteiger partial charge in [-0.3, -0.25) is 4.55 Å². The first kappa shape index (κ1) is 17.7.